The molecule has 2 rings (SSSR count). The molecule has 4 heteroatoms. The third-order valence-corrected chi connectivity index (χ3v) is 3.15. The molecule has 0 fully saturated rings. The number of benzene rings is 1. The van der Waals surface area contributed by atoms with Gasteiger partial charge >= 0.3 is 0 Å². The summed E-state index contributed by atoms with van der Waals surface area (Å²) in [5.41, 5.74) is 1.76. The SMILES string of the molecule is COc1cccc2c1NC(=O)CCN2C(C)(C)C. The lowest BCUT2D eigenvalue weighted by molar-refractivity contribution is -0.116. The number of hydrogen-bond donors (Lipinski definition) is 1. The van der Waals surface area contributed by atoms with Crippen LogP contribution in [0.25, 0.3) is 0 Å². The molecule has 0 aliphatic carbocycles. The van der Waals surface area contributed by atoms with Gasteiger partial charge in [-0.2, -0.15) is 0 Å². The molecule has 0 atom stereocenters. The topological polar surface area (TPSA) is 41.6 Å². The van der Waals surface area contributed by atoms with Crippen LogP contribution in [0.1, 0.15) is 27.2 Å². The van der Waals surface area contributed by atoms with E-state index < -0.39 is 0 Å². The van der Waals surface area contributed by atoms with E-state index in [1.807, 2.05) is 18.2 Å². The zero-order valence-corrected chi connectivity index (χ0v) is 11.4. The summed E-state index contributed by atoms with van der Waals surface area (Å²) < 4.78 is 5.34. The van der Waals surface area contributed by atoms with Crippen LogP contribution in [-0.2, 0) is 4.79 Å². The van der Waals surface area contributed by atoms with Crippen molar-refractivity contribution in [2.75, 3.05) is 23.9 Å². The maximum atomic E-state index is 11.8. The van der Waals surface area contributed by atoms with Gasteiger partial charge in [-0.3, -0.25) is 4.79 Å². The number of nitrogens with zero attached hydrogens (tertiary/aromatic N) is 1. The average Bonchev–Trinajstić information content (AvgIpc) is 2.45. The van der Waals surface area contributed by atoms with E-state index in [0.29, 0.717) is 12.2 Å². The largest absolute Gasteiger partial charge is 0.494 e. The van der Waals surface area contributed by atoms with Gasteiger partial charge in [0.2, 0.25) is 5.91 Å². The van der Waals surface area contributed by atoms with Crippen LogP contribution in [0.4, 0.5) is 11.4 Å². The molecule has 1 aliphatic heterocycles. The summed E-state index contributed by atoms with van der Waals surface area (Å²) in [6.45, 7) is 7.15. The first-order chi connectivity index (χ1) is 8.43. The van der Waals surface area contributed by atoms with Gasteiger partial charge in [-0.25, -0.2) is 0 Å². The molecule has 1 N–H and O–H groups in total. The normalized spacial score (nSPS) is 15.8. The van der Waals surface area contributed by atoms with Gasteiger partial charge in [0.25, 0.3) is 0 Å². The first-order valence-corrected chi connectivity index (χ1v) is 6.18. The molecule has 18 heavy (non-hydrogen) atoms. The first-order valence-electron chi connectivity index (χ1n) is 6.18. The lowest BCUT2D eigenvalue weighted by atomic mass is 10.0. The van der Waals surface area contributed by atoms with Crippen LogP contribution in [0.3, 0.4) is 0 Å². The fourth-order valence-electron chi connectivity index (χ4n) is 2.27. The second kappa shape index (κ2) is 4.52. The molecule has 1 aromatic rings. The quantitative estimate of drug-likeness (QED) is 0.830. The Balaban J connectivity index is 2.56. The molecule has 98 valence electrons. The zero-order valence-electron chi connectivity index (χ0n) is 11.4. The molecule has 0 radical (unpaired) electrons. The molecule has 0 aromatic heterocycles. The van der Waals surface area contributed by atoms with Crippen molar-refractivity contribution in [1.29, 1.82) is 0 Å². The Hall–Kier alpha value is -1.71. The van der Waals surface area contributed by atoms with E-state index in [4.69, 9.17) is 4.74 Å². The number of para-hydroxylation sites is 1. The van der Waals surface area contributed by atoms with Crippen molar-refractivity contribution in [3.63, 3.8) is 0 Å². The number of rotatable bonds is 1. The van der Waals surface area contributed by atoms with Gasteiger partial charge in [0.1, 0.15) is 11.4 Å². The van der Waals surface area contributed by atoms with Gasteiger partial charge in [-0.15, -0.1) is 0 Å². The highest BCUT2D eigenvalue weighted by Gasteiger charge is 2.28. The summed E-state index contributed by atoms with van der Waals surface area (Å²) in [5.74, 6) is 0.740. The molecular weight excluding hydrogens is 228 g/mol. The van der Waals surface area contributed by atoms with Crippen molar-refractivity contribution in [2.24, 2.45) is 0 Å². The summed E-state index contributed by atoms with van der Waals surface area (Å²) in [4.78, 5) is 14.0. The maximum absolute atomic E-state index is 11.8. The lowest BCUT2D eigenvalue weighted by Crippen LogP contribution is -2.42. The van der Waals surface area contributed by atoms with Gasteiger partial charge in [0, 0.05) is 18.5 Å². The number of carbonyl (C=O) groups excluding carboxylic acids is 1. The van der Waals surface area contributed by atoms with Gasteiger partial charge in [0.15, 0.2) is 0 Å². The van der Waals surface area contributed by atoms with E-state index in [9.17, 15) is 4.79 Å². The predicted octanol–water partition coefficient (Wildman–Crippen LogP) is 2.64. The Morgan fingerprint density at radius 1 is 1.33 bits per heavy atom. The maximum Gasteiger partial charge on any atom is 0.226 e. The van der Waals surface area contributed by atoms with Crippen molar-refractivity contribution >= 4 is 17.3 Å². The highest BCUT2D eigenvalue weighted by atomic mass is 16.5. The van der Waals surface area contributed by atoms with E-state index in [1.54, 1.807) is 7.11 Å². The minimum Gasteiger partial charge on any atom is -0.494 e. The third kappa shape index (κ3) is 2.28. The summed E-state index contributed by atoms with van der Waals surface area (Å²) in [7, 11) is 1.62. The lowest BCUT2D eigenvalue weighted by Gasteiger charge is -2.37. The summed E-state index contributed by atoms with van der Waals surface area (Å²) in [6, 6.07) is 5.84. The standard InChI is InChI=1S/C14H20N2O2/c1-14(2,3)16-9-8-12(17)15-13-10(16)6-5-7-11(13)18-4/h5-7H,8-9H2,1-4H3,(H,15,17). The Bertz CT molecular complexity index is 463. The second-order valence-corrected chi connectivity index (χ2v) is 5.48. The third-order valence-electron chi connectivity index (χ3n) is 3.15. The van der Waals surface area contributed by atoms with E-state index in [1.165, 1.54) is 0 Å². The van der Waals surface area contributed by atoms with Crippen LogP contribution in [0, 0.1) is 0 Å². The summed E-state index contributed by atoms with van der Waals surface area (Å²) in [6.07, 6.45) is 0.495. The average molecular weight is 248 g/mol. The molecule has 0 unspecified atom stereocenters. The second-order valence-electron chi connectivity index (χ2n) is 5.48. The molecule has 1 aliphatic rings. The number of fused-ring (bicyclic) bond motifs is 1. The van der Waals surface area contributed by atoms with Crippen molar-refractivity contribution in [1.82, 2.24) is 0 Å². The van der Waals surface area contributed by atoms with E-state index in [0.717, 1.165) is 17.9 Å². The monoisotopic (exact) mass is 248 g/mol. The number of hydrogen-bond acceptors (Lipinski definition) is 3. The molecule has 1 heterocycles. The van der Waals surface area contributed by atoms with Crippen molar-refractivity contribution in [3.8, 4) is 5.75 Å². The summed E-state index contributed by atoms with van der Waals surface area (Å²) in [5, 5.41) is 2.94. The minimum absolute atomic E-state index is 0.0343. The number of carbonyl (C=O) groups is 1. The number of methoxy groups -OCH3 is 1. The summed E-state index contributed by atoms with van der Waals surface area (Å²) >= 11 is 0. The Labute approximate surface area is 108 Å². The minimum atomic E-state index is -0.0343. The van der Waals surface area contributed by atoms with Crippen LogP contribution in [0.5, 0.6) is 5.75 Å². The molecule has 0 saturated heterocycles. The van der Waals surface area contributed by atoms with E-state index in [-0.39, 0.29) is 11.4 Å². The Kier molecular flexibility index (Phi) is 3.20. The molecule has 1 aromatic carbocycles. The molecule has 0 bridgehead atoms. The van der Waals surface area contributed by atoms with Gasteiger partial charge in [-0.05, 0) is 32.9 Å². The van der Waals surface area contributed by atoms with Crippen molar-refractivity contribution in [3.05, 3.63) is 18.2 Å². The van der Waals surface area contributed by atoms with Crippen molar-refractivity contribution in [2.45, 2.75) is 32.7 Å². The predicted molar refractivity (Wildman–Crippen MR) is 73.3 cm³/mol. The van der Waals surface area contributed by atoms with Crippen LogP contribution in [0.2, 0.25) is 0 Å². The van der Waals surface area contributed by atoms with Crippen molar-refractivity contribution < 1.29 is 9.53 Å². The van der Waals surface area contributed by atoms with Gasteiger partial charge in [-0.1, -0.05) is 6.07 Å². The van der Waals surface area contributed by atoms with E-state index in [2.05, 4.69) is 31.0 Å². The fourth-order valence-corrected chi connectivity index (χ4v) is 2.27. The highest BCUT2D eigenvalue weighted by molar-refractivity contribution is 5.98. The molecule has 0 saturated carbocycles. The Morgan fingerprint density at radius 3 is 2.67 bits per heavy atom. The van der Waals surface area contributed by atoms with Gasteiger partial charge < -0.3 is 15.0 Å². The Morgan fingerprint density at radius 2 is 2.06 bits per heavy atom. The van der Waals surface area contributed by atoms with Gasteiger partial charge in [0.05, 0.1) is 12.8 Å². The number of nitrogens with one attached hydrogen (secondary N) is 1. The zero-order chi connectivity index (χ0) is 13.3. The number of ether oxygens (including phenoxy) is 1. The highest BCUT2D eigenvalue weighted by Crippen LogP contribution is 2.39. The van der Waals surface area contributed by atoms with E-state index >= 15 is 0 Å². The number of anilines is 2. The van der Waals surface area contributed by atoms with Crippen LogP contribution < -0.4 is 15.0 Å². The van der Waals surface area contributed by atoms with Crippen LogP contribution in [0.15, 0.2) is 18.2 Å². The molecule has 0 spiro atoms. The van der Waals surface area contributed by atoms with Crippen LogP contribution in [-0.4, -0.2) is 25.1 Å². The first kappa shape index (κ1) is 12.7. The smallest absolute Gasteiger partial charge is 0.226 e. The molecular formula is C14H20N2O2. The fraction of sp³-hybridized carbons (Fsp3) is 0.500. The molecule has 1 amide bonds. The van der Waals surface area contributed by atoms with Crippen LogP contribution >= 0.6 is 0 Å². The molecule has 4 nitrogen and oxygen atoms in total. The number of amides is 1.